The molecule has 6 aromatic rings. The molecule has 0 fully saturated rings. The number of ether oxygens (including phenoxy) is 7. The number of rotatable bonds is 39. The summed E-state index contributed by atoms with van der Waals surface area (Å²) < 4.78 is 39.0. The van der Waals surface area contributed by atoms with Crippen LogP contribution in [-0.4, -0.2) is 223 Å². The van der Waals surface area contributed by atoms with Gasteiger partial charge in [-0.25, -0.2) is 14.8 Å². The number of hydrogen-bond donors (Lipinski definition) is 16. The molecule has 0 radical (unpaired) electrons. The van der Waals surface area contributed by atoms with Gasteiger partial charge in [-0.15, -0.1) is 0 Å². The maximum absolute atomic E-state index is 13.3. The molecule has 10 unspecified atom stereocenters. The minimum atomic E-state index is -1.88. The molecule has 0 bridgehead atoms. The van der Waals surface area contributed by atoms with E-state index in [1.54, 1.807) is 20.8 Å². The topological polar surface area (TPSA) is 464 Å². The number of alkyl carbamates (subject to hydrolysis) is 1. The van der Waals surface area contributed by atoms with Crippen molar-refractivity contribution in [3.05, 3.63) is 121 Å². The molecule has 4 heterocycles. The third kappa shape index (κ3) is 27.5. The third-order valence-electron chi connectivity index (χ3n) is 17.5. The number of nitrogens with one attached hydrogen (secondary N) is 5. The number of hydrogen-bond acceptors (Lipinski definition) is 25. The first kappa shape index (κ1) is 84.9. The summed E-state index contributed by atoms with van der Waals surface area (Å²) in [6.07, 6.45) is -11.2. The normalized spacial score (nSPS) is 15.3. The number of nitrogens with two attached hydrogens (primary N) is 1. The van der Waals surface area contributed by atoms with Crippen molar-refractivity contribution in [1.82, 2.24) is 36.6 Å². The van der Waals surface area contributed by atoms with Gasteiger partial charge >= 0.3 is 6.09 Å². The molecule has 2 aliphatic rings. The second-order valence-corrected chi connectivity index (χ2v) is 28.8. The Labute approximate surface area is 621 Å². The molecule has 0 saturated carbocycles. The van der Waals surface area contributed by atoms with Crippen molar-refractivity contribution >= 4 is 29.7 Å². The molecule has 2 aromatic heterocycles. The summed E-state index contributed by atoms with van der Waals surface area (Å²) in [6, 6.07) is 36.8. The van der Waals surface area contributed by atoms with Gasteiger partial charge in [0.15, 0.2) is 23.0 Å². The molecule has 8 rings (SSSR count). The summed E-state index contributed by atoms with van der Waals surface area (Å²) in [4.78, 5) is 72.7. The van der Waals surface area contributed by atoms with Gasteiger partial charge in [0.2, 0.25) is 49.0 Å². The van der Waals surface area contributed by atoms with Gasteiger partial charge in [0, 0.05) is 49.4 Å². The van der Waals surface area contributed by atoms with Crippen molar-refractivity contribution in [2.45, 2.75) is 166 Å². The van der Waals surface area contributed by atoms with Crippen molar-refractivity contribution < 1.29 is 108 Å². The number of fused-ring (bicyclic) bond motifs is 2. The van der Waals surface area contributed by atoms with Crippen LogP contribution in [0.2, 0.25) is 0 Å². The first-order valence-electron chi connectivity index (χ1n) is 35.5. The number of carbonyl (C=O) groups excluding carboxylic acids is 5. The van der Waals surface area contributed by atoms with Crippen LogP contribution in [-0.2, 0) is 23.9 Å². The van der Waals surface area contributed by atoms with Crippen molar-refractivity contribution in [2.24, 2.45) is 16.6 Å². The van der Waals surface area contributed by atoms with Crippen LogP contribution in [0.15, 0.2) is 121 Å². The highest BCUT2D eigenvalue weighted by Crippen LogP contribution is 2.38. The fraction of sp³-hybridized carbons (Fsp3) is 0.494. The lowest BCUT2D eigenvalue weighted by Gasteiger charge is -2.28. The highest BCUT2D eigenvalue weighted by atomic mass is 16.7. The molecule has 30 nitrogen and oxygen atoms in total. The van der Waals surface area contributed by atoms with Gasteiger partial charge in [0.1, 0.15) is 48.3 Å². The number of aromatic nitrogens is 2. The zero-order chi connectivity index (χ0) is 78.0. The maximum atomic E-state index is 13.3. The Morgan fingerprint density at radius 1 is 0.467 bits per heavy atom. The molecule has 0 spiro atoms. The predicted octanol–water partition coefficient (Wildman–Crippen LogP) is 3.78. The fourth-order valence-electron chi connectivity index (χ4n) is 11.1. The summed E-state index contributed by atoms with van der Waals surface area (Å²) >= 11 is 0. The van der Waals surface area contributed by atoms with Gasteiger partial charge in [-0.1, -0.05) is 100 Å². The van der Waals surface area contributed by atoms with Gasteiger partial charge in [0.05, 0.1) is 68.9 Å². The van der Waals surface area contributed by atoms with E-state index in [0.29, 0.717) is 31.5 Å². The standard InChI is InChI=1S/C41H56N4O12.C36H48N4O10/c1-40(2,3)57-39(53)45-29(20-34(49)42-21-30(47)36(50)37(51)31(48)22-46)38(52)43-23-41(4,5)17-6-7-18-54-35-10-8-9-28(44-35)26-13-11-25(12-14-26)27-15-16-32-33(19-27)56-24-55-32;1-36(2,20-39-35(47)25(37)17-31(44)38-18-27(42)33(45)34(46)28(43)19-41)14-3-4-15-48-32-7-5-6-26(40-32)23-10-8-22(9-11-23)24-12-13-29-30(16-24)50-21-49-29/h8-16,19,29-31,36-37,46-48,50-51H,6-7,17-18,20-24H2,1-5H3,(H,42,49)(H,43,52)(H,45,53);5-13,16,25,27-28,33-34,41-43,45-46H,3-4,14-15,17-21,37H2,1-2H3,(H,38,44)(H,39,47). The average molecular weight is 1490 g/mol. The van der Waals surface area contributed by atoms with Gasteiger partial charge in [-0.05, 0) is 129 Å². The largest absolute Gasteiger partial charge is 0.478 e. The summed E-state index contributed by atoms with van der Waals surface area (Å²) in [5, 5.41) is 109. The van der Waals surface area contributed by atoms with Gasteiger partial charge in [-0.3, -0.25) is 19.2 Å². The van der Waals surface area contributed by atoms with Crippen molar-refractivity contribution in [2.75, 3.05) is 66.2 Å². The molecule has 2 aliphatic heterocycles. The van der Waals surface area contributed by atoms with Crippen LogP contribution in [0.5, 0.6) is 34.8 Å². The molecule has 17 N–H and O–H groups in total. The van der Waals surface area contributed by atoms with E-state index in [0.717, 1.165) is 106 Å². The number of nitrogens with zero attached hydrogens (tertiary/aromatic N) is 2. The Balaban J connectivity index is 0.000000301. The van der Waals surface area contributed by atoms with Crippen LogP contribution >= 0.6 is 0 Å². The summed E-state index contributed by atoms with van der Waals surface area (Å²) in [6.45, 7) is 12.2. The van der Waals surface area contributed by atoms with E-state index in [2.05, 4.69) is 36.6 Å². The van der Waals surface area contributed by atoms with Gasteiger partial charge < -0.3 is 117 Å². The van der Waals surface area contributed by atoms with E-state index in [-0.39, 0.29) is 37.4 Å². The first-order valence-corrected chi connectivity index (χ1v) is 35.5. The summed E-state index contributed by atoms with van der Waals surface area (Å²) in [5.74, 6) is 1.46. The smallest absolute Gasteiger partial charge is 0.408 e. The molecular formula is C77H104N8O22. The zero-order valence-corrected chi connectivity index (χ0v) is 61.4. The first-order chi connectivity index (χ1) is 50.8. The van der Waals surface area contributed by atoms with Gasteiger partial charge in [0.25, 0.3) is 0 Å². The molecule has 0 aliphatic carbocycles. The van der Waals surface area contributed by atoms with Crippen LogP contribution in [0.4, 0.5) is 4.79 Å². The van der Waals surface area contributed by atoms with Crippen LogP contribution in [0, 0.1) is 10.8 Å². The Hall–Kier alpha value is -9.31. The highest BCUT2D eigenvalue weighted by Gasteiger charge is 2.34. The van der Waals surface area contributed by atoms with E-state index in [4.69, 9.17) is 49.1 Å². The molecule has 4 aromatic carbocycles. The molecular weight excluding hydrogens is 1390 g/mol. The summed E-state index contributed by atoms with van der Waals surface area (Å²) in [7, 11) is 0. The number of benzene rings is 4. The second-order valence-electron chi connectivity index (χ2n) is 28.8. The van der Waals surface area contributed by atoms with E-state index in [1.807, 2.05) is 149 Å². The minimum Gasteiger partial charge on any atom is -0.478 e. The molecule has 0 saturated heterocycles. The van der Waals surface area contributed by atoms with Crippen LogP contribution in [0.1, 0.15) is 99.8 Å². The van der Waals surface area contributed by atoms with Crippen molar-refractivity contribution in [3.63, 3.8) is 0 Å². The maximum Gasteiger partial charge on any atom is 0.408 e. The third-order valence-corrected chi connectivity index (χ3v) is 17.5. The van der Waals surface area contributed by atoms with Crippen molar-refractivity contribution in [1.29, 1.82) is 0 Å². The second kappa shape index (κ2) is 40.6. The van der Waals surface area contributed by atoms with Crippen molar-refractivity contribution in [3.8, 4) is 79.5 Å². The lowest BCUT2D eigenvalue weighted by atomic mass is 9.87. The zero-order valence-electron chi connectivity index (χ0n) is 61.4. The quantitative estimate of drug-likeness (QED) is 0.0244. The SMILES string of the molecule is CC(C)(CCCCOc1cccc(-c2ccc(-c3ccc4c(c3)OCO4)cc2)n1)CNC(=O)C(CC(=O)NCC(O)C(O)C(O)C(O)CO)NC(=O)OC(C)(C)C.CC(C)(CCCCOc1cccc(-c2ccc(-c3ccc4c(c3)OCO4)cc2)n1)CNC(=O)C(N)CC(=O)NCC(O)C(O)C(O)C(O)CO. The number of unbranched alkanes of at least 4 members (excludes halogenated alkanes) is 2. The van der Waals surface area contributed by atoms with E-state index in [1.165, 1.54) is 0 Å². The lowest BCUT2D eigenvalue weighted by molar-refractivity contribution is -0.130. The Bertz CT molecular complexity index is 3820. The number of carbonyl (C=O) groups is 5. The van der Waals surface area contributed by atoms with E-state index < -0.39 is 129 Å². The lowest BCUT2D eigenvalue weighted by Crippen LogP contribution is -2.53. The number of aliphatic hydroxyl groups excluding tert-OH is 10. The molecule has 584 valence electrons. The monoisotopic (exact) mass is 1490 g/mol. The predicted molar refractivity (Wildman–Crippen MR) is 393 cm³/mol. The van der Waals surface area contributed by atoms with Crippen LogP contribution in [0.25, 0.3) is 44.8 Å². The number of pyridine rings is 2. The molecule has 107 heavy (non-hydrogen) atoms. The Morgan fingerprint density at radius 3 is 1.27 bits per heavy atom. The van der Waals surface area contributed by atoms with E-state index >= 15 is 0 Å². The Morgan fingerprint density at radius 2 is 0.850 bits per heavy atom. The van der Waals surface area contributed by atoms with Gasteiger partial charge in [-0.2, -0.15) is 0 Å². The fourth-order valence-corrected chi connectivity index (χ4v) is 11.1. The highest BCUT2D eigenvalue weighted by molar-refractivity contribution is 5.91. The Kier molecular flexibility index (Phi) is 32.2. The molecule has 30 heteroatoms. The van der Waals surface area contributed by atoms with Crippen LogP contribution in [0.3, 0.4) is 0 Å². The van der Waals surface area contributed by atoms with Crippen LogP contribution < -0.4 is 60.7 Å². The molecule has 10 atom stereocenters. The van der Waals surface area contributed by atoms with E-state index in [9.17, 15) is 64.8 Å². The summed E-state index contributed by atoms with van der Waals surface area (Å²) in [5.41, 5.74) is 12.1. The average Bonchev–Trinajstić information content (AvgIpc) is 1.76. The molecule has 5 amide bonds. The number of aliphatic hydroxyl groups is 10. The minimum absolute atomic E-state index is 0.227. The number of amides is 5.